The molecular formula is C12H15ClO2. The number of carbonyl (C=O) groups excluding carboxylic acids is 1. The van der Waals surface area contributed by atoms with E-state index in [9.17, 15) is 4.79 Å². The van der Waals surface area contributed by atoms with Crippen molar-refractivity contribution in [3.63, 3.8) is 0 Å². The van der Waals surface area contributed by atoms with E-state index in [-0.39, 0.29) is 5.78 Å². The van der Waals surface area contributed by atoms with E-state index in [0.717, 1.165) is 12.0 Å². The standard InChI is InChI=1S/C12H15ClO2/c1-15-8-4-6-11(14)9-10-5-2-3-7-12(10)13/h2-3,5,7H,4,6,8-9H2,1H3. The van der Waals surface area contributed by atoms with E-state index in [1.54, 1.807) is 13.2 Å². The van der Waals surface area contributed by atoms with E-state index in [1.807, 2.05) is 18.2 Å². The number of benzene rings is 1. The van der Waals surface area contributed by atoms with Crippen molar-refractivity contribution in [1.29, 1.82) is 0 Å². The van der Waals surface area contributed by atoms with Crippen molar-refractivity contribution in [3.8, 4) is 0 Å². The third-order valence-electron chi connectivity index (χ3n) is 2.15. The summed E-state index contributed by atoms with van der Waals surface area (Å²) >= 11 is 5.95. The van der Waals surface area contributed by atoms with Crippen LogP contribution in [-0.4, -0.2) is 19.5 Å². The summed E-state index contributed by atoms with van der Waals surface area (Å²) in [5.41, 5.74) is 0.904. The molecule has 2 nitrogen and oxygen atoms in total. The molecule has 1 rings (SSSR count). The number of hydrogen-bond donors (Lipinski definition) is 0. The van der Waals surface area contributed by atoms with Gasteiger partial charge in [0.25, 0.3) is 0 Å². The van der Waals surface area contributed by atoms with Crippen LogP contribution < -0.4 is 0 Å². The molecule has 0 N–H and O–H groups in total. The average Bonchev–Trinajstić information content (AvgIpc) is 2.22. The molecule has 0 spiro atoms. The van der Waals surface area contributed by atoms with E-state index >= 15 is 0 Å². The Hall–Kier alpha value is -0.860. The molecule has 1 aromatic rings. The second-order valence-electron chi connectivity index (χ2n) is 3.40. The second kappa shape index (κ2) is 6.59. The molecular weight excluding hydrogens is 212 g/mol. The summed E-state index contributed by atoms with van der Waals surface area (Å²) in [5.74, 6) is 0.208. The van der Waals surface area contributed by atoms with Crippen molar-refractivity contribution < 1.29 is 9.53 Å². The van der Waals surface area contributed by atoms with Gasteiger partial charge in [0.1, 0.15) is 5.78 Å². The predicted molar refractivity (Wildman–Crippen MR) is 61.3 cm³/mol. The molecule has 0 radical (unpaired) electrons. The molecule has 82 valence electrons. The normalized spacial score (nSPS) is 10.3. The molecule has 3 heteroatoms. The summed E-state index contributed by atoms with van der Waals surface area (Å²) in [6, 6.07) is 7.45. The van der Waals surface area contributed by atoms with Crippen molar-refractivity contribution in [1.82, 2.24) is 0 Å². The van der Waals surface area contributed by atoms with Gasteiger partial charge < -0.3 is 4.74 Å². The zero-order chi connectivity index (χ0) is 11.1. The fourth-order valence-electron chi connectivity index (χ4n) is 1.36. The molecule has 0 aliphatic heterocycles. The van der Waals surface area contributed by atoms with Gasteiger partial charge in [-0.15, -0.1) is 0 Å². The smallest absolute Gasteiger partial charge is 0.137 e. The molecule has 1 aromatic carbocycles. The summed E-state index contributed by atoms with van der Waals surface area (Å²) in [7, 11) is 1.64. The minimum absolute atomic E-state index is 0.208. The van der Waals surface area contributed by atoms with Gasteiger partial charge in [-0.1, -0.05) is 29.8 Å². The van der Waals surface area contributed by atoms with Gasteiger partial charge in [-0.05, 0) is 18.1 Å². The average molecular weight is 227 g/mol. The monoisotopic (exact) mass is 226 g/mol. The molecule has 0 aliphatic carbocycles. The van der Waals surface area contributed by atoms with Gasteiger partial charge in [-0.2, -0.15) is 0 Å². The number of rotatable bonds is 6. The van der Waals surface area contributed by atoms with Crippen LogP contribution in [-0.2, 0) is 16.0 Å². The third-order valence-corrected chi connectivity index (χ3v) is 2.52. The minimum Gasteiger partial charge on any atom is -0.385 e. The minimum atomic E-state index is 0.208. The van der Waals surface area contributed by atoms with E-state index in [2.05, 4.69) is 0 Å². The Bertz CT molecular complexity index is 323. The molecule has 0 amide bonds. The van der Waals surface area contributed by atoms with Crippen LogP contribution in [0.2, 0.25) is 5.02 Å². The summed E-state index contributed by atoms with van der Waals surface area (Å²) in [6.45, 7) is 0.633. The maximum atomic E-state index is 11.5. The van der Waals surface area contributed by atoms with Gasteiger partial charge in [-0.25, -0.2) is 0 Å². The molecule has 0 atom stereocenters. The number of methoxy groups -OCH3 is 1. The van der Waals surface area contributed by atoms with Crippen LogP contribution in [0.15, 0.2) is 24.3 Å². The second-order valence-corrected chi connectivity index (χ2v) is 3.81. The lowest BCUT2D eigenvalue weighted by atomic mass is 10.1. The van der Waals surface area contributed by atoms with Crippen molar-refractivity contribution in [3.05, 3.63) is 34.9 Å². The van der Waals surface area contributed by atoms with Crippen LogP contribution in [0.25, 0.3) is 0 Å². The Labute approximate surface area is 95.2 Å². The first-order valence-electron chi connectivity index (χ1n) is 4.98. The zero-order valence-electron chi connectivity index (χ0n) is 8.83. The van der Waals surface area contributed by atoms with E-state index < -0.39 is 0 Å². The van der Waals surface area contributed by atoms with Crippen molar-refractivity contribution in [2.24, 2.45) is 0 Å². The van der Waals surface area contributed by atoms with E-state index in [4.69, 9.17) is 16.3 Å². The number of ether oxygens (including phenoxy) is 1. The molecule has 0 aromatic heterocycles. The van der Waals surface area contributed by atoms with Gasteiger partial charge in [0.2, 0.25) is 0 Å². The Kier molecular flexibility index (Phi) is 5.37. The Morgan fingerprint density at radius 1 is 1.40 bits per heavy atom. The maximum Gasteiger partial charge on any atom is 0.137 e. The highest BCUT2D eigenvalue weighted by Crippen LogP contribution is 2.16. The first-order chi connectivity index (χ1) is 7.24. The summed E-state index contributed by atoms with van der Waals surface area (Å²) in [4.78, 5) is 11.5. The first-order valence-corrected chi connectivity index (χ1v) is 5.36. The summed E-state index contributed by atoms with van der Waals surface area (Å²) in [6.07, 6.45) is 1.75. The molecule has 0 unspecified atom stereocenters. The van der Waals surface area contributed by atoms with Gasteiger partial charge in [0.15, 0.2) is 0 Å². The van der Waals surface area contributed by atoms with Gasteiger partial charge in [-0.3, -0.25) is 4.79 Å². The summed E-state index contributed by atoms with van der Waals surface area (Å²) in [5, 5.41) is 0.664. The van der Waals surface area contributed by atoms with E-state index in [0.29, 0.717) is 24.5 Å². The number of ketones is 1. The van der Waals surface area contributed by atoms with Crippen LogP contribution in [0.3, 0.4) is 0 Å². The fourth-order valence-corrected chi connectivity index (χ4v) is 1.56. The van der Waals surface area contributed by atoms with Crippen LogP contribution in [0.4, 0.5) is 0 Å². The van der Waals surface area contributed by atoms with Gasteiger partial charge in [0, 0.05) is 31.6 Å². The van der Waals surface area contributed by atoms with Crippen LogP contribution in [0.5, 0.6) is 0 Å². The Morgan fingerprint density at radius 3 is 2.80 bits per heavy atom. The number of hydrogen-bond acceptors (Lipinski definition) is 2. The highest BCUT2D eigenvalue weighted by atomic mass is 35.5. The molecule has 15 heavy (non-hydrogen) atoms. The van der Waals surface area contributed by atoms with E-state index in [1.165, 1.54) is 0 Å². The van der Waals surface area contributed by atoms with Crippen LogP contribution in [0, 0.1) is 0 Å². The van der Waals surface area contributed by atoms with Gasteiger partial charge in [0.05, 0.1) is 0 Å². The fraction of sp³-hybridized carbons (Fsp3) is 0.417. The van der Waals surface area contributed by atoms with Crippen LogP contribution >= 0.6 is 11.6 Å². The Morgan fingerprint density at radius 2 is 2.13 bits per heavy atom. The molecule has 0 bridgehead atoms. The van der Waals surface area contributed by atoms with Crippen LogP contribution in [0.1, 0.15) is 18.4 Å². The molecule has 0 saturated carbocycles. The lowest BCUT2D eigenvalue weighted by Gasteiger charge is -2.03. The molecule has 0 heterocycles. The number of carbonyl (C=O) groups is 1. The molecule has 0 aliphatic rings. The topological polar surface area (TPSA) is 26.3 Å². The van der Waals surface area contributed by atoms with Crippen molar-refractivity contribution >= 4 is 17.4 Å². The van der Waals surface area contributed by atoms with Crippen molar-refractivity contribution in [2.75, 3.05) is 13.7 Å². The first kappa shape index (κ1) is 12.2. The highest BCUT2D eigenvalue weighted by Gasteiger charge is 2.06. The maximum absolute atomic E-state index is 11.5. The lowest BCUT2D eigenvalue weighted by molar-refractivity contribution is -0.118. The van der Waals surface area contributed by atoms with Gasteiger partial charge >= 0.3 is 0 Å². The molecule has 0 saturated heterocycles. The largest absolute Gasteiger partial charge is 0.385 e. The highest BCUT2D eigenvalue weighted by molar-refractivity contribution is 6.31. The van der Waals surface area contributed by atoms with Crippen molar-refractivity contribution in [2.45, 2.75) is 19.3 Å². The summed E-state index contributed by atoms with van der Waals surface area (Å²) < 4.78 is 4.89. The lowest BCUT2D eigenvalue weighted by Crippen LogP contribution is -2.04. The number of Topliss-reactive ketones (excluding diaryl/α,β-unsaturated/α-hetero) is 1. The number of halogens is 1. The molecule has 0 fully saturated rings. The predicted octanol–water partition coefficient (Wildman–Crippen LogP) is 2.88. The Balaban J connectivity index is 2.41. The quantitative estimate of drug-likeness (QED) is 0.698. The SMILES string of the molecule is COCCCC(=O)Cc1ccccc1Cl. The third kappa shape index (κ3) is 4.45. The zero-order valence-corrected chi connectivity index (χ0v) is 9.59.